The van der Waals surface area contributed by atoms with E-state index in [1.54, 1.807) is 88.8 Å². The number of hydrogen-bond donors (Lipinski definition) is 2. The quantitative estimate of drug-likeness (QED) is 0.187. The Morgan fingerprint density at radius 3 is 2.18 bits per heavy atom. The second kappa shape index (κ2) is 20.6. The van der Waals surface area contributed by atoms with Crippen LogP contribution in [-0.4, -0.2) is 152 Å². The fourth-order valence-corrected chi connectivity index (χ4v) is 9.18. The van der Waals surface area contributed by atoms with Gasteiger partial charge in [0.1, 0.15) is 11.4 Å². The Bertz CT molecular complexity index is 2800. The fraction of sp³-hybridized carbons (Fsp3) is 0.440. The number of anilines is 1. The molecule has 3 fully saturated rings. The summed E-state index contributed by atoms with van der Waals surface area (Å²) >= 11 is 0. The lowest BCUT2D eigenvalue weighted by atomic mass is 9.95. The van der Waals surface area contributed by atoms with Gasteiger partial charge in [-0.3, -0.25) is 34.2 Å². The summed E-state index contributed by atoms with van der Waals surface area (Å²) in [5.41, 5.74) is 1.79. The predicted molar refractivity (Wildman–Crippen MR) is 255 cm³/mol. The first kappa shape index (κ1) is 47.7. The Hall–Kier alpha value is -6.79. The van der Waals surface area contributed by atoms with E-state index in [9.17, 15) is 28.8 Å². The summed E-state index contributed by atoms with van der Waals surface area (Å²) in [4.78, 5) is 92.7. The van der Waals surface area contributed by atoms with Crippen LogP contribution in [0.1, 0.15) is 72.6 Å². The van der Waals surface area contributed by atoms with E-state index in [0.717, 1.165) is 51.1 Å². The summed E-state index contributed by atoms with van der Waals surface area (Å²) in [7, 11) is 0. The maximum Gasteiger partial charge on any atom is 0.412 e. The highest BCUT2D eigenvalue weighted by atomic mass is 19.1. The molecule has 5 aromatic rings. The van der Waals surface area contributed by atoms with Crippen LogP contribution in [0, 0.1) is 11.7 Å². The predicted octanol–water partition coefficient (Wildman–Crippen LogP) is 4.70. The Balaban J connectivity index is 0.787. The summed E-state index contributed by atoms with van der Waals surface area (Å²) in [6.07, 6.45) is 4.54. The lowest BCUT2D eigenvalue weighted by Crippen LogP contribution is -2.55. The molecule has 17 nitrogen and oxygen atoms in total. The summed E-state index contributed by atoms with van der Waals surface area (Å²) in [5, 5.41) is 10.7. The van der Waals surface area contributed by atoms with Gasteiger partial charge in [0.25, 0.3) is 22.9 Å². The molecule has 358 valence electrons. The van der Waals surface area contributed by atoms with Gasteiger partial charge in [-0.25, -0.2) is 19.3 Å². The van der Waals surface area contributed by atoms with Crippen LogP contribution in [0.25, 0.3) is 21.9 Å². The molecule has 8 rings (SSSR count). The number of benzene rings is 2. The molecule has 3 aliphatic heterocycles. The average Bonchev–Trinajstić information content (AvgIpc) is 3.33. The zero-order chi connectivity index (χ0) is 48.1. The third-order valence-corrected chi connectivity index (χ3v) is 13.0. The number of pyridine rings is 2. The third-order valence-electron chi connectivity index (χ3n) is 13.0. The van der Waals surface area contributed by atoms with Gasteiger partial charge in [-0.2, -0.15) is 5.10 Å². The Labute approximate surface area is 393 Å². The van der Waals surface area contributed by atoms with Crippen LogP contribution >= 0.6 is 0 Å². The molecule has 0 saturated carbocycles. The molecule has 0 aliphatic carbocycles. The highest BCUT2D eigenvalue weighted by Crippen LogP contribution is 2.28. The van der Waals surface area contributed by atoms with Crippen molar-refractivity contribution < 1.29 is 28.3 Å². The lowest BCUT2D eigenvalue weighted by molar-refractivity contribution is -0.134. The van der Waals surface area contributed by atoms with E-state index in [1.807, 2.05) is 19.1 Å². The van der Waals surface area contributed by atoms with Crippen LogP contribution in [0.3, 0.4) is 0 Å². The first-order valence-corrected chi connectivity index (χ1v) is 23.4. The van der Waals surface area contributed by atoms with Gasteiger partial charge in [0.05, 0.1) is 28.9 Å². The number of nitrogens with zero attached hydrogens (tertiary/aromatic N) is 8. The number of fused-ring (bicyclic) bond motifs is 1. The van der Waals surface area contributed by atoms with Gasteiger partial charge in [-0.05, 0) is 87.9 Å². The van der Waals surface area contributed by atoms with Crippen LogP contribution in [0.2, 0.25) is 0 Å². The maximum absolute atomic E-state index is 15.1. The molecule has 4 amide bonds. The lowest BCUT2D eigenvalue weighted by Gasteiger charge is -2.40. The van der Waals surface area contributed by atoms with E-state index < -0.39 is 23.4 Å². The van der Waals surface area contributed by atoms with Crippen molar-refractivity contribution >= 4 is 40.3 Å². The molecule has 3 saturated heterocycles. The van der Waals surface area contributed by atoms with E-state index in [2.05, 4.69) is 30.3 Å². The molecule has 2 aromatic carbocycles. The molecule has 0 spiro atoms. The van der Waals surface area contributed by atoms with Crippen molar-refractivity contribution in [2.24, 2.45) is 5.92 Å². The van der Waals surface area contributed by atoms with Gasteiger partial charge in [-0.15, -0.1) is 0 Å². The smallest absolute Gasteiger partial charge is 0.412 e. The highest BCUT2D eigenvalue weighted by Gasteiger charge is 2.31. The second-order valence-corrected chi connectivity index (χ2v) is 18.8. The van der Waals surface area contributed by atoms with Gasteiger partial charge in [0, 0.05) is 114 Å². The Kier molecular flexibility index (Phi) is 14.5. The highest BCUT2D eigenvalue weighted by molar-refractivity contribution is 6.02. The van der Waals surface area contributed by atoms with E-state index in [0.29, 0.717) is 85.7 Å². The number of amides is 4. The van der Waals surface area contributed by atoms with Gasteiger partial charge < -0.3 is 28.9 Å². The minimum atomic E-state index is -0.755. The number of aromatic nitrogens is 4. The Morgan fingerprint density at radius 1 is 0.794 bits per heavy atom. The number of rotatable bonds is 11. The molecule has 0 unspecified atom stereocenters. The van der Waals surface area contributed by atoms with Crippen LogP contribution in [0.4, 0.5) is 14.9 Å². The number of halogens is 1. The monoisotopic (exact) mass is 930 g/mol. The molecule has 6 heterocycles. The molecule has 0 bridgehead atoms. The molecule has 0 atom stereocenters. The number of piperidine rings is 1. The normalized spacial score (nSPS) is 16.5. The van der Waals surface area contributed by atoms with E-state index in [4.69, 9.17) is 4.74 Å². The van der Waals surface area contributed by atoms with Crippen molar-refractivity contribution in [2.75, 3.05) is 83.9 Å². The minimum absolute atomic E-state index is 0.00696. The van der Waals surface area contributed by atoms with Gasteiger partial charge in [0.15, 0.2) is 5.69 Å². The number of piperazine rings is 2. The molecule has 68 heavy (non-hydrogen) atoms. The average molecular weight is 931 g/mol. The van der Waals surface area contributed by atoms with Gasteiger partial charge in [0.2, 0.25) is 5.91 Å². The van der Waals surface area contributed by atoms with E-state index >= 15 is 4.39 Å². The SMILES string of the molecule is CCn1cc(-c2cnc(C(=O)N3CCC(CN4CCN(CC(=O)N5CCN(C(=O)c6cc(Cc7n[nH]c(=O)c8ccccc78)ccc6F)CC5)CC4)CC3)c(NC(=O)OC(C)(C)C)c2)ccc1=O. The number of H-pyrrole nitrogens is 1. The number of hydrogen-bond acceptors (Lipinski definition) is 11. The Morgan fingerprint density at radius 2 is 1.47 bits per heavy atom. The zero-order valence-corrected chi connectivity index (χ0v) is 39.1. The van der Waals surface area contributed by atoms with E-state index in [-0.39, 0.29) is 46.4 Å². The van der Waals surface area contributed by atoms with Crippen LogP contribution in [0.15, 0.2) is 82.6 Å². The van der Waals surface area contributed by atoms with Gasteiger partial charge in [-0.1, -0.05) is 24.3 Å². The molecule has 3 aromatic heterocycles. The maximum atomic E-state index is 15.1. The largest absolute Gasteiger partial charge is 0.444 e. The number of carbonyl (C=O) groups excluding carboxylic acids is 4. The summed E-state index contributed by atoms with van der Waals surface area (Å²) in [6.45, 7) is 14.4. The molecular weight excluding hydrogens is 872 g/mol. The number of aromatic amines is 1. The van der Waals surface area contributed by atoms with Crippen LogP contribution < -0.4 is 16.4 Å². The molecule has 3 aliphatic rings. The minimum Gasteiger partial charge on any atom is -0.444 e. The van der Waals surface area contributed by atoms with Crippen molar-refractivity contribution in [1.29, 1.82) is 0 Å². The number of carbonyl (C=O) groups is 4. The standard InChI is InChI=1S/C50H59FN10O7/c1-5-58-31-35(11-13-43(58)62)36-28-42(53-49(67)68-50(2,3)4)45(52-29-36)48(66)60-16-14-33(15-17-60)30-56-18-20-57(21-19-56)32-44(63)59-22-24-61(25-23-59)47(65)39-26-34(10-12-40(39)51)27-41-37-8-6-7-9-38(37)46(64)55-54-41/h6-13,26,28-29,31,33H,5,14-25,27,30,32H2,1-4H3,(H,53,67)(H,55,64). The molecular formula is C50H59FN10O7. The van der Waals surface area contributed by atoms with Crippen molar-refractivity contribution in [1.82, 2.24) is 44.2 Å². The number of aryl methyl sites for hydroxylation is 1. The molecule has 18 heteroatoms. The van der Waals surface area contributed by atoms with Crippen molar-refractivity contribution in [2.45, 2.75) is 59.1 Å². The summed E-state index contributed by atoms with van der Waals surface area (Å²) in [5.74, 6) is -0.931. The van der Waals surface area contributed by atoms with Crippen LogP contribution in [0.5, 0.6) is 0 Å². The van der Waals surface area contributed by atoms with Gasteiger partial charge >= 0.3 is 6.09 Å². The summed E-state index contributed by atoms with van der Waals surface area (Å²) < 4.78 is 22.2. The molecule has 0 radical (unpaired) electrons. The summed E-state index contributed by atoms with van der Waals surface area (Å²) in [6, 6.07) is 16.5. The van der Waals surface area contributed by atoms with E-state index in [1.165, 1.54) is 12.1 Å². The molecule has 2 N–H and O–H groups in total. The number of likely N-dealkylation sites (tertiary alicyclic amines) is 1. The topological polar surface area (TPSA) is 186 Å². The zero-order valence-electron chi connectivity index (χ0n) is 39.1. The van der Waals surface area contributed by atoms with Crippen LogP contribution in [-0.2, 0) is 22.5 Å². The van der Waals surface area contributed by atoms with Crippen molar-refractivity contribution in [3.05, 3.63) is 122 Å². The third kappa shape index (κ3) is 11.3. The number of nitrogens with one attached hydrogen (secondary N) is 2. The fourth-order valence-electron chi connectivity index (χ4n) is 9.18. The second-order valence-electron chi connectivity index (χ2n) is 18.8. The van der Waals surface area contributed by atoms with Crippen molar-refractivity contribution in [3.63, 3.8) is 0 Å². The van der Waals surface area contributed by atoms with Crippen molar-refractivity contribution in [3.8, 4) is 11.1 Å². The number of ether oxygens (including phenoxy) is 1. The first-order valence-electron chi connectivity index (χ1n) is 23.4. The first-order chi connectivity index (χ1) is 32.6.